The number of nitrogens with zero attached hydrogens (tertiary/aromatic N) is 2. The highest BCUT2D eigenvalue weighted by atomic mass is 16.2. The Morgan fingerprint density at radius 3 is 2.77 bits per heavy atom. The fourth-order valence-electron chi connectivity index (χ4n) is 4.00. The molecule has 0 aliphatic heterocycles. The first-order chi connectivity index (χ1) is 12.5. The van der Waals surface area contributed by atoms with E-state index in [1.54, 1.807) is 6.20 Å². The SMILES string of the molecule is Cc1c(NC(=O)c2cc3c([nH]c2=O)CCCC3=O)cnn1C1CCCC1. The third-order valence-electron chi connectivity index (χ3n) is 5.46. The lowest BCUT2D eigenvalue weighted by atomic mass is 9.93. The third kappa shape index (κ3) is 2.87. The number of aromatic nitrogens is 3. The normalized spacial score (nSPS) is 17.3. The van der Waals surface area contributed by atoms with Crippen molar-refractivity contribution in [1.82, 2.24) is 14.8 Å². The molecule has 136 valence electrons. The lowest BCUT2D eigenvalue weighted by molar-refractivity contribution is 0.0971. The second-order valence-corrected chi connectivity index (χ2v) is 7.16. The van der Waals surface area contributed by atoms with Gasteiger partial charge in [0.05, 0.1) is 23.6 Å². The van der Waals surface area contributed by atoms with Gasteiger partial charge in [0.25, 0.3) is 11.5 Å². The van der Waals surface area contributed by atoms with E-state index in [0.29, 0.717) is 35.8 Å². The van der Waals surface area contributed by atoms with E-state index in [2.05, 4.69) is 15.4 Å². The van der Waals surface area contributed by atoms with Crippen molar-refractivity contribution in [1.29, 1.82) is 0 Å². The molecular formula is C19H22N4O3. The number of hydrogen-bond acceptors (Lipinski definition) is 4. The number of amides is 1. The highest BCUT2D eigenvalue weighted by molar-refractivity contribution is 6.06. The Balaban J connectivity index is 1.60. The van der Waals surface area contributed by atoms with Crippen LogP contribution >= 0.6 is 0 Å². The smallest absolute Gasteiger partial charge is 0.261 e. The van der Waals surface area contributed by atoms with Crippen molar-refractivity contribution >= 4 is 17.4 Å². The minimum atomic E-state index is -0.513. The summed E-state index contributed by atoms with van der Waals surface area (Å²) >= 11 is 0. The van der Waals surface area contributed by atoms with Crippen LogP contribution in [0.15, 0.2) is 17.1 Å². The van der Waals surface area contributed by atoms with Crippen molar-refractivity contribution < 1.29 is 9.59 Å². The van der Waals surface area contributed by atoms with Gasteiger partial charge in [0.15, 0.2) is 5.78 Å². The van der Waals surface area contributed by atoms with Crippen LogP contribution in [0.3, 0.4) is 0 Å². The van der Waals surface area contributed by atoms with Crippen LogP contribution in [0.5, 0.6) is 0 Å². The molecule has 0 unspecified atom stereocenters. The zero-order chi connectivity index (χ0) is 18.3. The summed E-state index contributed by atoms with van der Waals surface area (Å²) in [4.78, 5) is 39.7. The highest BCUT2D eigenvalue weighted by Crippen LogP contribution is 2.31. The maximum Gasteiger partial charge on any atom is 0.261 e. The van der Waals surface area contributed by atoms with Gasteiger partial charge in [-0.05, 0) is 38.7 Å². The highest BCUT2D eigenvalue weighted by Gasteiger charge is 2.24. The average molecular weight is 354 g/mol. The molecule has 26 heavy (non-hydrogen) atoms. The minimum Gasteiger partial charge on any atom is -0.325 e. The number of pyridine rings is 1. The number of H-pyrrole nitrogens is 1. The van der Waals surface area contributed by atoms with Crippen molar-refractivity contribution in [3.8, 4) is 0 Å². The number of ketones is 1. The number of anilines is 1. The Labute approximate surface area is 150 Å². The predicted molar refractivity (Wildman–Crippen MR) is 96.8 cm³/mol. The van der Waals surface area contributed by atoms with Crippen molar-refractivity contribution in [2.24, 2.45) is 0 Å². The molecule has 0 bridgehead atoms. The molecule has 1 amide bonds. The summed E-state index contributed by atoms with van der Waals surface area (Å²) in [6, 6.07) is 1.81. The molecule has 1 saturated carbocycles. The number of nitrogens with one attached hydrogen (secondary N) is 2. The lowest BCUT2D eigenvalue weighted by Gasteiger charge is -2.15. The number of aryl methyl sites for hydroxylation is 1. The fourth-order valence-corrected chi connectivity index (χ4v) is 4.00. The molecule has 0 aromatic carbocycles. The molecule has 2 aliphatic carbocycles. The molecule has 2 aliphatic rings. The van der Waals surface area contributed by atoms with E-state index in [4.69, 9.17) is 0 Å². The van der Waals surface area contributed by atoms with Gasteiger partial charge in [-0.25, -0.2) is 0 Å². The predicted octanol–water partition coefficient (Wildman–Crippen LogP) is 2.77. The molecule has 1 fully saturated rings. The van der Waals surface area contributed by atoms with Crippen LogP contribution < -0.4 is 10.9 Å². The number of Topliss-reactive ketones (excluding diaryl/α,β-unsaturated/α-hetero) is 1. The maximum atomic E-state index is 12.6. The number of hydrogen-bond donors (Lipinski definition) is 2. The standard InChI is InChI=1S/C19H22N4O3/c1-11-16(10-20-23(11)12-5-2-3-6-12)22-19(26)14-9-13-15(21-18(14)25)7-4-8-17(13)24/h9-10,12H,2-8H2,1H3,(H,21,25)(H,22,26). The topological polar surface area (TPSA) is 96.8 Å². The number of aromatic amines is 1. The summed E-state index contributed by atoms with van der Waals surface area (Å²) in [5, 5.41) is 7.19. The second-order valence-electron chi connectivity index (χ2n) is 7.16. The summed E-state index contributed by atoms with van der Waals surface area (Å²) in [6.45, 7) is 1.92. The molecule has 4 rings (SSSR count). The van der Waals surface area contributed by atoms with Crippen LogP contribution in [-0.2, 0) is 6.42 Å². The molecule has 7 nitrogen and oxygen atoms in total. The number of carbonyl (C=O) groups excluding carboxylic acids is 2. The summed E-state index contributed by atoms with van der Waals surface area (Å²) in [6.07, 6.45) is 8.06. The van der Waals surface area contributed by atoms with Gasteiger partial charge in [-0.15, -0.1) is 0 Å². The molecule has 2 N–H and O–H groups in total. The van der Waals surface area contributed by atoms with Gasteiger partial charge in [0.2, 0.25) is 0 Å². The molecule has 0 saturated heterocycles. The largest absolute Gasteiger partial charge is 0.325 e. The maximum absolute atomic E-state index is 12.6. The first kappa shape index (κ1) is 16.8. The first-order valence-corrected chi connectivity index (χ1v) is 9.19. The van der Waals surface area contributed by atoms with Crippen LogP contribution in [0, 0.1) is 6.92 Å². The van der Waals surface area contributed by atoms with Crippen LogP contribution in [0.4, 0.5) is 5.69 Å². The Kier molecular flexibility index (Phi) is 4.22. The van der Waals surface area contributed by atoms with Crippen molar-refractivity contribution in [2.75, 3.05) is 5.32 Å². The van der Waals surface area contributed by atoms with Crippen LogP contribution in [-0.4, -0.2) is 26.5 Å². The molecule has 0 atom stereocenters. The van der Waals surface area contributed by atoms with E-state index < -0.39 is 11.5 Å². The lowest BCUT2D eigenvalue weighted by Crippen LogP contribution is -2.27. The molecule has 2 aromatic rings. The summed E-state index contributed by atoms with van der Waals surface area (Å²) < 4.78 is 1.96. The van der Waals surface area contributed by atoms with Gasteiger partial charge >= 0.3 is 0 Å². The Morgan fingerprint density at radius 1 is 1.23 bits per heavy atom. The van der Waals surface area contributed by atoms with Crippen molar-refractivity contribution in [2.45, 2.75) is 57.9 Å². The van der Waals surface area contributed by atoms with Crippen LogP contribution in [0.1, 0.15) is 76.7 Å². The van der Waals surface area contributed by atoms with E-state index in [1.165, 1.54) is 18.9 Å². The monoisotopic (exact) mass is 354 g/mol. The van der Waals surface area contributed by atoms with E-state index in [0.717, 1.165) is 25.0 Å². The van der Waals surface area contributed by atoms with Crippen molar-refractivity contribution in [3.05, 3.63) is 45.1 Å². The summed E-state index contributed by atoms with van der Waals surface area (Å²) in [7, 11) is 0. The van der Waals surface area contributed by atoms with E-state index in [9.17, 15) is 14.4 Å². The van der Waals surface area contributed by atoms with Gasteiger partial charge in [-0.3, -0.25) is 19.1 Å². The summed E-state index contributed by atoms with van der Waals surface area (Å²) in [5.74, 6) is -0.539. The molecule has 0 spiro atoms. The number of rotatable bonds is 3. The van der Waals surface area contributed by atoms with Crippen LogP contribution in [0.25, 0.3) is 0 Å². The van der Waals surface area contributed by atoms with Gasteiger partial charge in [-0.1, -0.05) is 12.8 Å². The number of carbonyl (C=O) groups is 2. The Hall–Kier alpha value is -2.70. The quantitative estimate of drug-likeness (QED) is 0.886. The van der Waals surface area contributed by atoms with Gasteiger partial charge in [0.1, 0.15) is 5.56 Å². The zero-order valence-corrected chi connectivity index (χ0v) is 14.8. The number of fused-ring (bicyclic) bond motifs is 1. The van der Waals surface area contributed by atoms with Gasteiger partial charge < -0.3 is 10.3 Å². The zero-order valence-electron chi connectivity index (χ0n) is 14.8. The fraction of sp³-hybridized carbons (Fsp3) is 0.474. The molecule has 2 aromatic heterocycles. The average Bonchev–Trinajstić information content (AvgIpc) is 3.25. The first-order valence-electron chi connectivity index (χ1n) is 9.19. The van der Waals surface area contributed by atoms with E-state index in [-0.39, 0.29) is 11.3 Å². The molecule has 2 heterocycles. The minimum absolute atomic E-state index is 0.0261. The molecule has 0 radical (unpaired) electrons. The van der Waals surface area contributed by atoms with Gasteiger partial charge in [0, 0.05) is 17.7 Å². The van der Waals surface area contributed by atoms with E-state index >= 15 is 0 Å². The summed E-state index contributed by atoms with van der Waals surface area (Å²) in [5.41, 5.74) is 2.08. The van der Waals surface area contributed by atoms with Crippen LogP contribution in [0.2, 0.25) is 0 Å². The molecule has 7 heteroatoms. The third-order valence-corrected chi connectivity index (χ3v) is 5.46. The van der Waals surface area contributed by atoms with Gasteiger partial charge in [-0.2, -0.15) is 5.10 Å². The van der Waals surface area contributed by atoms with E-state index in [1.807, 2.05) is 11.6 Å². The Morgan fingerprint density at radius 2 is 2.00 bits per heavy atom. The van der Waals surface area contributed by atoms with Crippen molar-refractivity contribution in [3.63, 3.8) is 0 Å². The second kappa shape index (κ2) is 6.55. The molecular weight excluding hydrogens is 332 g/mol. The Bertz CT molecular complexity index is 935.